The molecule has 0 saturated carbocycles. The molecule has 4 aromatic carbocycles. The molecular weight excluding hydrogens is 512 g/mol. The van der Waals surface area contributed by atoms with Gasteiger partial charge < -0.3 is 9.58 Å². The van der Waals surface area contributed by atoms with E-state index in [-0.39, 0.29) is 5.41 Å². The average molecular weight is 556 g/mol. The number of aryl methyl sites for hydroxylation is 2. The fraction of sp³-hybridized carbons (Fsp3) is 0.385. The Bertz CT molecular complexity index is 1950. The van der Waals surface area contributed by atoms with E-state index in [4.69, 9.17) is 11.3 Å². The molecule has 0 saturated heterocycles. The van der Waals surface area contributed by atoms with Gasteiger partial charge in [0.25, 0.3) is 0 Å². The molecule has 0 unspecified atom stereocenters. The van der Waals surface area contributed by atoms with Crippen LogP contribution in [0.15, 0.2) is 54.7 Å². The molecule has 214 valence electrons. The van der Waals surface area contributed by atoms with Crippen molar-refractivity contribution in [2.75, 3.05) is 0 Å². The van der Waals surface area contributed by atoms with E-state index in [0.717, 1.165) is 35.1 Å². The first-order valence-corrected chi connectivity index (χ1v) is 15.3. The van der Waals surface area contributed by atoms with Gasteiger partial charge in [0.2, 0.25) is 11.2 Å². The first-order valence-electron chi connectivity index (χ1n) is 15.3. The first kappa shape index (κ1) is 28.2. The molecule has 0 radical (unpaired) electrons. The third kappa shape index (κ3) is 4.72. The molecule has 1 aliphatic heterocycles. The van der Waals surface area contributed by atoms with Crippen molar-refractivity contribution in [2.24, 2.45) is 18.4 Å². The highest BCUT2D eigenvalue weighted by Crippen LogP contribution is 2.53. The summed E-state index contributed by atoms with van der Waals surface area (Å²) in [7, 11) is 2.16. The second-order valence-electron chi connectivity index (χ2n) is 14.7. The second kappa shape index (κ2) is 9.84. The molecule has 0 amide bonds. The Labute approximate surface area is 251 Å². The fourth-order valence-electron chi connectivity index (χ4n) is 6.98. The van der Waals surface area contributed by atoms with E-state index in [9.17, 15) is 0 Å². The Morgan fingerprint density at radius 2 is 1.67 bits per heavy atom. The number of rotatable bonds is 5. The highest BCUT2D eigenvalue weighted by atomic mass is 16.5. The monoisotopic (exact) mass is 555 g/mol. The highest BCUT2D eigenvalue weighted by molar-refractivity contribution is 6.17. The molecule has 0 bridgehead atoms. The van der Waals surface area contributed by atoms with Crippen LogP contribution in [0.1, 0.15) is 70.7 Å². The summed E-state index contributed by atoms with van der Waals surface area (Å²) >= 11 is 0. The normalized spacial score (nSPS) is 13.1. The number of pyridine rings is 1. The Balaban J connectivity index is 1.73. The van der Waals surface area contributed by atoms with Crippen molar-refractivity contribution in [1.82, 2.24) is 0 Å². The molecule has 1 aromatic heterocycles. The molecule has 0 spiro atoms. The molecule has 1 aliphatic rings. The number of fused-ring (bicyclic) bond motifs is 5. The van der Waals surface area contributed by atoms with Gasteiger partial charge in [-0.3, -0.25) is 0 Å². The lowest BCUT2D eigenvalue weighted by atomic mass is 9.81. The third-order valence-electron chi connectivity index (χ3n) is 8.72. The summed E-state index contributed by atoms with van der Waals surface area (Å²) in [5.74, 6) is 2.53. The number of ether oxygens (including phenoxy) is 1. The fourth-order valence-corrected chi connectivity index (χ4v) is 6.98. The van der Waals surface area contributed by atoms with Gasteiger partial charge in [-0.05, 0) is 75.4 Å². The summed E-state index contributed by atoms with van der Waals surface area (Å²) in [5.41, 5.74) is 7.23. The minimum absolute atomic E-state index is 0.0956. The Hall–Kier alpha value is -3.90. The maximum atomic E-state index is 7.77. The quantitative estimate of drug-likeness (QED) is 0.118. The minimum atomic E-state index is -0.465. The molecular formula is C39H43N2O+. The molecule has 2 heterocycles. The Morgan fingerprint density at radius 3 is 2.36 bits per heavy atom. The molecule has 3 heteroatoms. The molecule has 0 aliphatic carbocycles. The van der Waals surface area contributed by atoms with Gasteiger partial charge in [-0.2, -0.15) is 0 Å². The minimum Gasteiger partial charge on any atom is -0.455 e. The largest absolute Gasteiger partial charge is 0.455 e. The first-order chi connectivity index (χ1) is 19.8. The SMILES string of the molecule is [C-]#[N+]C(C)(C)Cc1cccc2cc3c4c([n+](C)ccc4c12)-c1c(c(CC(C)(C)C)c2ccc(CC(C)C)cc2c1C)O3. The number of benzene rings is 4. The molecule has 0 fully saturated rings. The van der Waals surface area contributed by atoms with E-state index < -0.39 is 5.54 Å². The lowest BCUT2D eigenvalue weighted by Crippen LogP contribution is -2.32. The van der Waals surface area contributed by atoms with Gasteiger partial charge in [0.05, 0.1) is 17.4 Å². The molecule has 5 aromatic rings. The standard InChI is InChI=1S/C39H43N2O/c1-23(2)18-25-14-15-28-30(19-25)24(3)33-36-35-29(16-17-41(36)10)34-26(12-11-13-27(34)21-39(7,8)40-9)20-32(35)42-37(33)31(28)22-38(4,5)6/h11-17,19-20,23H,18,21-22H2,1-8,10H3/q+1. The smallest absolute Gasteiger partial charge is 0.231 e. The van der Waals surface area contributed by atoms with Crippen molar-refractivity contribution in [3.8, 4) is 22.8 Å². The van der Waals surface area contributed by atoms with Crippen LogP contribution in [0.25, 0.3) is 48.4 Å². The number of aromatic nitrogens is 1. The number of hydrogen-bond acceptors (Lipinski definition) is 1. The maximum Gasteiger partial charge on any atom is 0.231 e. The second-order valence-corrected chi connectivity index (χ2v) is 14.7. The third-order valence-corrected chi connectivity index (χ3v) is 8.72. The van der Waals surface area contributed by atoms with Crippen molar-refractivity contribution in [1.29, 1.82) is 0 Å². The van der Waals surface area contributed by atoms with Crippen LogP contribution in [-0.4, -0.2) is 5.54 Å². The van der Waals surface area contributed by atoms with Crippen LogP contribution >= 0.6 is 0 Å². The van der Waals surface area contributed by atoms with Gasteiger partial charge in [0.1, 0.15) is 18.5 Å². The van der Waals surface area contributed by atoms with Crippen LogP contribution in [0.2, 0.25) is 0 Å². The Kier molecular flexibility index (Phi) is 6.61. The summed E-state index contributed by atoms with van der Waals surface area (Å²) in [6, 6.07) is 18.0. The van der Waals surface area contributed by atoms with Gasteiger partial charge in [0.15, 0.2) is 6.20 Å². The van der Waals surface area contributed by atoms with E-state index in [2.05, 4.69) is 113 Å². The van der Waals surface area contributed by atoms with Crippen LogP contribution in [0, 0.1) is 24.8 Å². The molecule has 6 rings (SSSR count). The van der Waals surface area contributed by atoms with Crippen LogP contribution in [-0.2, 0) is 26.3 Å². The topological polar surface area (TPSA) is 17.5 Å². The van der Waals surface area contributed by atoms with Crippen LogP contribution in [0.5, 0.6) is 11.5 Å². The van der Waals surface area contributed by atoms with Crippen LogP contribution in [0.3, 0.4) is 0 Å². The summed E-state index contributed by atoms with van der Waals surface area (Å²) in [5, 5.41) is 7.38. The van der Waals surface area contributed by atoms with Gasteiger partial charge in [-0.1, -0.05) is 71.0 Å². The number of nitrogens with zero attached hydrogens (tertiary/aromatic N) is 2. The average Bonchev–Trinajstić information content (AvgIpc) is 2.91. The van der Waals surface area contributed by atoms with Crippen LogP contribution in [0.4, 0.5) is 0 Å². The molecule has 0 N–H and O–H groups in total. The Morgan fingerprint density at radius 1 is 0.905 bits per heavy atom. The zero-order valence-corrected chi connectivity index (χ0v) is 26.7. The summed E-state index contributed by atoms with van der Waals surface area (Å²) in [6.07, 6.45) is 4.90. The van der Waals surface area contributed by atoms with Crippen molar-refractivity contribution >= 4 is 32.3 Å². The predicted molar refractivity (Wildman–Crippen MR) is 176 cm³/mol. The number of hydrogen-bond donors (Lipinski definition) is 0. The summed E-state index contributed by atoms with van der Waals surface area (Å²) in [4.78, 5) is 3.93. The highest BCUT2D eigenvalue weighted by Gasteiger charge is 2.35. The zero-order chi connectivity index (χ0) is 30.1. The van der Waals surface area contributed by atoms with Gasteiger partial charge in [0, 0.05) is 30.9 Å². The van der Waals surface area contributed by atoms with E-state index in [1.165, 1.54) is 55.1 Å². The van der Waals surface area contributed by atoms with Crippen LogP contribution < -0.4 is 9.30 Å². The summed E-state index contributed by atoms with van der Waals surface area (Å²) < 4.78 is 9.35. The van der Waals surface area contributed by atoms with E-state index in [1.807, 2.05) is 13.8 Å². The van der Waals surface area contributed by atoms with Gasteiger partial charge in [-0.15, -0.1) is 0 Å². The lowest BCUT2D eigenvalue weighted by molar-refractivity contribution is -0.659. The maximum absolute atomic E-state index is 7.77. The predicted octanol–water partition coefficient (Wildman–Crippen LogP) is 10.1. The van der Waals surface area contributed by atoms with E-state index in [0.29, 0.717) is 12.3 Å². The van der Waals surface area contributed by atoms with E-state index in [1.54, 1.807) is 0 Å². The van der Waals surface area contributed by atoms with Gasteiger partial charge in [-0.25, -0.2) is 11.1 Å². The van der Waals surface area contributed by atoms with Crippen molar-refractivity contribution in [2.45, 2.75) is 80.2 Å². The summed E-state index contributed by atoms with van der Waals surface area (Å²) in [6.45, 7) is 25.6. The van der Waals surface area contributed by atoms with Crippen molar-refractivity contribution in [3.63, 3.8) is 0 Å². The van der Waals surface area contributed by atoms with Crippen molar-refractivity contribution in [3.05, 3.63) is 88.4 Å². The molecule has 0 atom stereocenters. The zero-order valence-electron chi connectivity index (χ0n) is 26.7. The van der Waals surface area contributed by atoms with Gasteiger partial charge >= 0.3 is 0 Å². The molecule has 3 nitrogen and oxygen atoms in total. The van der Waals surface area contributed by atoms with Crippen molar-refractivity contribution < 1.29 is 9.30 Å². The molecule has 42 heavy (non-hydrogen) atoms. The lowest BCUT2D eigenvalue weighted by Gasteiger charge is -2.28. The van der Waals surface area contributed by atoms with E-state index >= 15 is 0 Å².